The van der Waals surface area contributed by atoms with E-state index >= 15 is 0 Å². The van der Waals surface area contributed by atoms with Gasteiger partial charge >= 0.3 is 0 Å². The van der Waals surface area contributed by atoms with Crippen molar-refractivity contribution in [3.63, 3.8) is 0 Å². The molecule has 0 heterocycles. The van der Waals surface area contributed by atoms with Crippen molar-refractivity contribution in [3.8, 4) is 0 Å². The maximum atomic E-state index is 12.2. The number of hydrogen-bond donors (Lipinski definition) is 0. The molecule has 0 bridgehead atoms. The smallest absolute Gasteiger partial charge is 0.145 e. The summed E-state index contributed by atoms with van der Waals surface area (Å²) in [5, 5.41) is 0. The standard InChI is InChI=1S/C6H2FI/c7-5-3-1-2-4-6(5)8/h1-2H. The first kappa shape index (κ1) is 6.01. The van der Waals surface area contributed by atoms with Crippen LogP contribution in [0.5, 0.6) is 0 Å². The minimum atomic E-state index is -0.326. The van der Waals surface area contributed by atoms with Crippen molar-refractivity contribution in [1.82, 2.24) is 0 Å². The van der Waals surface area contributed by atoms with Gasteiger partial charge in [-0.25, -0.2) is 4.39 Å². The molecule has 0 aliphatic rings. The van der Waals surface area contributed by atoms with Crippen molar-refractivity contribution in [2.75, 3.05) is 0 Å². The highest BCUT2D eigenvalue weighted by atomic mass is 127. The Morgan fingerprint density at radius 2 is 2.00 bits per heavy atom. The van der Waals surface area contributed by atoms with Crippen molar-refractivity contribution < 1.29 is 4.39 Å². The van der Waals surface area contributed by atoms with Crippen LogP contribution in [0.25, 0.3) is 0 Å². The van der Waals surface area contributed by atoms with Gasteiger partial charge in [-0.15, -0.1) is 0 Å². The van der Waals surface area contributed by atoms with Crippen LogP contribution in [0.3, 0.4) is 0 Å². The lowest BCUT2D eigenvalue weighted by Crippen LogP contribution is -1.77. The van der Waals surface area contributed by atoms with Gasteiger partial charge in [0.25, 0.3) is 0 Å². The van der Waals surface area contributed by atoms with Crippen LogP contribution in [-0.4, -0.2) is 0 Å². The Hall–Kier alpha value is -0.120. The third-order valence-electron chi connectivity index (χ3n) is 0.696. The lowest BCUT2D eigenvalue weighted by atomic mass is 10.4. The van der Waals surface area contributed by atoms with Gasteiger partial charge < -0.3 is 0 Å². The molecule has 1 aromatic rings. The molecule has 0 fully saturated rings. The Morgan fingerprint density at radius 3 is 2.38 bits per heavy atom. The number of rotatable bonds is 0. The van der Waals surface area contributed by atoms with E-state index in [1.165, 1.54) is 6.07 Å². The third-order valence-corrected chi connectivity index (χ3v) is 1.48. The van der Waals surface area contributed by atoms with Crippen LogP contribution in [0, 0.1) is 21.5 Å². The maximum absolute atomic E-state index is 12.2. The Bertz CT molecular complexity index is 165. The zero-order valence-corrected chi connectivity index (χ0v) is 6.07. The topological polar surface area (TPSA) is 0 Å². The first-order chi connectivity index (χ1) is 3.80. The molecular weight excluding hydrogens is 218 g/mol. The number of halogens is 2. The molecule has 0 saturated heterocycles. The maximum Gasteiger partial charge on any atom is 0.145 e. The lowest BCUT2D eigenvalue weighted by molar-refractivity contribution is 0.617. The van der Waals surface area contributed by atoms with E-state index in [-0.39, 0.29) is 5.82 Å². The van der Waals surface area contributed by atoms with Gasteiger partial charge in [-0.2, -0.15) is 0 Å². The van der Waals surface area contributed by atoms with E-state index < -0.39 is 0 Å². The molecule has 8 heavy (non-hydrogen) atoms. The van der Waals surface area contributed by atoms with E-state index in [1.807, 2.05) is 22.6 Å². The zero-order chi connectivity index (χ0) is 5.98. The number of benzene rings is 1. The Balaban J connectivity index is 3.13. The molecule has 0 amide bonds. The molecule has 1 aromatic carbocycles. The van der Waals surface area contributed by atoms with Gasteiger partial charge in [0.15, 0.2) is 0 Å². The van der Waals surface area contributed by atoms with E-state index in [2.05, 4.69) is 12.1 Å². The van der Waals surface area contributed by atoms with Gasteiger partial charge in [-0.05, 0) is 28.7 Å². The highest BCUT2D eigenvalue weighted by molar-refractivity contribution is 14.1. The van der Waals surface area contributed by atoms with Crippen LogP contribution in [-0.2, 0) is 0 Å². The summed E-state index contributed by atoms with van der Waals surface area (Å²) in [5.74, 6) is -0.326. The molecule has 2 radical (unpaired) electrons. The zero-order valence-electron chi connectivity index (χ0n) is 3.91. The van der Waals surface area contributed by atoms with Crippen LogP contribution >= 0.6 is 22.6 Å². The normalized spacial score (nSPS) is 9.25. The highest BCUT2D eigenvalue weighted by Crippen LogP contribution is 2.06. The van der Waals surface area contributed by atoms with Gasteiger partial charge in [-0.1, -0.05) is 12.1 Å². The second-order valence-corrected chi connectivity index (χ2v) is 2.33. The average Bonchev–Trinajstić information content (AvgIpc) is 1.77. The quantitative estimate of drug-likeness (QED) is 0.586. The summed E-state index contributed by atoms with van der Waals surface area (Å²) in [6.07, 6.45) is 0. The Morgan fingerprint density at radius 1 is 1.38 bits per heavy atom. The van der Waals surface area contributed by atoms with Crippen molar-refractivity contribution in [2.24, 2.45) is 0 Å². The van der Waals surface area contributed by atoms with Gasteiger partial charge in [0.1, 0.15) is 5.82 Å². The summed E-state index contributed by atoms with van der Waals surface area (Å²) in [6, 6.07) is 8.20. The van der Waals surface area contributed by atoms with Crippen LogP contribution in [0.4, 0.5) is 4.39 Å². The minimum Gasteiger partial charge on any atom is -0.205 e. The highest BCUT2D eigenvalue weighted by Gasteiger charge is 1.92. The first-order valence-electron chi connectivity index (χ1n) is 2.04. The molecule has 0 aliphatic carbocycles. The van der Waals surface area contributed by atoms with Crippen LogP contribution < -0.4 is 0 Å². The number of hydrogen-bond acceptors (Lipinski definition) is 0. The Kier molecular flexibility index (Phi) is 1.83. The Labute approximate surface area is 60.9 Å². The molecule has 0 nitrogen and oxygen atoms in total. The van der Waals surface area contributed by atoms with E-state index in [0.717, 1.165) is 0 Å². The third kappa shape index (κ3) is 1.18. The largest absolute Gasteiger partial charge is 0.205 e. The summed E-state index contributed by atoms with van der Waals surface area (Å²) < 4.78 is 12.7. The van der Waals surface area contributed by atoms with Crippen molar-refractivity contribution in [2.45, 2.75) is 0 Å². The predicted octanol–water partition coefficient (Wildman–Crippen LogP) is 2.03. The summed E-state index contributed by atoms with van der Waals surface area (Å²) in [5.41, 5.74) is 0. The predicted molar refractivity (Wildman–Crippen MR) is 36.8 cm³/mol. The molecule has 0 saturated carbocycles. The SMILES string of the molecule is Fc1[c]cc[c]c1I. The van der Waals surface area contributed by atoms with E-state index in [9.17, 15) is 4.39 Å². The van der Waals surface area contributed by atoms with Gasteiger partial charge in [0.05, 0.1) is 3.57 Å². The van der Waals surface area contributed by atoms with Crippen molar-refractivity contribution in [1.29, 1.82) is 0 Å². The van der Waals surface area contributed by atoms with Gasteiger partial charge in [0, 0.05) is 6.07 Å². The lowest BCUT2D eigenvalue weighted by Gasteiger charge is -1.85. The molecule has 0 aliphatic heterocycles. The van der Waals surface area contributed by atoms with Crippen LogP contribution in [0.15, 0.2) is 12.1 Å². The van der Waals surface area contributed by atoms with Gasteiger partial charge in [0.2, 0.25) is 0 Å². The fourth-order valence-corrected chi connectivity index (χ4v) is 0.692. The van der Waals surface area contributed by atoms with Crippen molar-refractivity contribution >= 4 is 22.6 Å². The second kappa shape index (κ2) is 2.44. The van der Waals surface area contributed by atoms with Crippen LogP contribution in [0.1, 0.15) is 0 Å². The molecule has 0 unspecified atom stereocenters. The van der Waals surface area contributed by atoms with E-state index in [1.54, 1.807) is 6.07 Å². The molecule has 0 aromatic heterocycles. The molecule has 40 valence electrons. The van der Waals surface area contributed by atoms with Crippen molar-refractivity contribution in [3.05, 3.63) is 33.7 Å². The van der Waals surface area contributed by atoms with Gasteiger partial charge in [-0.3, -0.25) is 0 Å². The molecule has 0 atom stereocenters. The summed E-state index contributed by atoms with van der Waals surface area (Å²) in [4.78, 5) is 0. The van der Waals surface area contributed by atoms with E-state index in [4.69, 9.17) is 0 Å². The molecule has 1 rings (SSSR count). The molecule has 0 spiro atoms. The fourth-order valence-electron chi connectivity index (χ4n) is 0.356. The first-order valence-corrected chi connectivity index (χ1v) is 3.12. The average molecular weight is 220 g/mol. The summed E-state index contributed by atoms with van der Waals surface area (Å²) >= 11 is 1.86. The molecule has 0 N–H and O–H groups in total. The molecule has 2 heteroatoms. The minimum absolute atomic E-state index is 0.326. The van der Waals surface area contributed by atoms with E-state index in [0.29, 0.717) is 3.57 Å². The monoisotopic (exact) mass is 220 g/mol. The fraction of sp³-hybridized carbons (Fsp3) is 0. The van der Waals surface area contributed by atoms with Crippen LogP contribution in [0.2, 0.25) is 0 Å². The molecular formula is C6H2FI. The summed E-state index contributed by atoms with van der Waals surface area (Å²) in [7, 11) is 0. The second-order valence-electron chi connectivity index (χ2n) is 1.25. The summed E-state index contributed by atoms with van der Waals surface area (Å²) in [6.45, 7) is 0.